The smallest absolute Gasteiger partial charge is 0.309 e. The Balaban J connectivity index is 2.10. The maximum Gasteiger partial charge on any atom is 0.309 e. The Morgan fingerprint density at radius 3 is 2.48 bits per heavy atom. The van der Waals surface area contributed by atoms with Crippen LogP contribution in [0.3, 0.4) is 0 Å². The second kappa shape index (κ2) is 6.09. The van der Waals surface area contributed by atoms with Gasteiger partial charge in [-0.2, -0.15) is 0 Å². The molecule has 116 valence electrons. The molecule has 1 fully saturated rings. The molecule has 1 saturated heterocycles. The van der Waals surface area contributed by atoms with Crippen LogP contribution in [0.15, 0.2) is 0 Å². The molecule has 2 rings (SSSR count). The minimum absolute atomic E-state index is 0.0659. The van der Waals surface area contributed by atoms with Gasteiger partial charge in [-0.1, -0.05) is 25.3 Å². The number of aliphatic carboxylic acids is 1. The number of rotatable bonds is 4. The van der Waals surface area contributed by atoms with E-state index in [1.54, 1.807) is 4.90 Å². The standard InChI is InChI=1S/C14H21N3O3S/c1-4-14(13(19)20)5-7-17(8-6-14)12(18)11-10(9(2)3)15-16-21-11/h9H,4-8H2,1-3H3,(H,19,20). The molecule has 7 heteroatoms. The van der Waals surface area contributed by atoms with E-state index >= 15 is 0 Å². The lowest BCUT2D eigenvalue weighted by Crippen LogP contribution is -2.46. The number of piperidine rings is 1. The van der Waals surface area contributed by atoms with E-state index in [1.165, 1.54) is 0 Å². The topological polar surface area (TPSA) is 83.4 Å². The van der Waals surface area contributed by atoms with Crippen LogP contribution in [-0.4, -0.2) is 44.6 Å². The van der Waals surface area contributed by atoms with E-state index in [0.717, 1.165) is 17.2 Å². The number of likely N-dealkylation sites (tertiary alicyclic amines) is 1. The average Bonchev–Trinajstić information content (AvgIpc) is 2.96. The van der Waals surface area contributed by atoms with Crippen LogP contribution in [0.25, 0.3) is 0 Å². The van der Waals surface area contributed by atoms with Gasteiger partial charge in [0.25, 0.3) is 5.91 Å². The Morgan fingerprint density at radius 1 is 1.38 bits per heavy atom. The highest BCUT2D eigenvalue weighted by Crippen LogP contribution is 2.36. The molecular formula is C14H21N3O3S. The molecule has 1 aromatic heterocycles. The summed E-state index contributed by atoms with van der Waals surface area (Å²) in [5.41, 5.74) is 0.0550. The van der Waals surface area contributed by atoms with Crippen LogP contribution in [0, 0.1) is 5.41 Å². The Labute approximate surface area is 128 Å². The largest absolute Gasteiger partial charge is 0.481 e. The number of carboxylic acid groups (broad SMARTS) is 1. The summed E-state index contributed by atoms with van der Waals surface area (Å²) in [6, 6.07) is 0. The first-order valence-corrected chi connectivity index (χ1v) is 8.03. The number of carbonyl (C=O) groups is 2. The zero-order chi connectivity index (χ0) is 15.6. The SMILES string of the molecule is CCC1(C(=O)O)CCN(C(=O)c2snnc2C(C)C)CC1. The Kier molecular flexibility index (Phi) is 4.61. The summed E-state index contributed by atoms with van der Waals surface area (Å²) in [6.45, 7) is 6.82. The fourth-order valence-electron chi connectivity index (χ4n) is 2.72. The summed E-state index contributed by atoms with van der Waals surface area (Å²) >= 11 is 1.12. The molecule has 6 nitrogen and oxygen atoms in total. The van der Waals surface area contributed by atoms with Gasteiger partial charge in [0.2, 0.25) is 0 Å². The van der Waals surface area contributed by atoms with Crippen LogP contribution in [0.4, 0.5) is 0 Å². The Hall–Kier alpha value is -1.50. The summed E-state index contributed by atoms with van der Waals surface area (Å²) in [6.07, 6.45) is 1.62. The van der Waals surface area contributed by atoms with Gasteiger partial charge in [-0.15, -0.1) is 5.10 Å². The maximum absolute atomic E-state index is 12.6. The van der Waals surface area contributed by atoms with Crippen LogP contribution < -0.4 is 0 Å². The second-order valence-electron chi connectivity index (χ2n) is 5.87. The van der Waals surface area contributed by atoms with Crippen LogP contribution in [0.1, 0.15) is 61.3 Å². The summed E-state index contributed by atoms with van der Waals surface area (Å²) < 4.78 is 3.88. The zero-order valence-electron chi connectivity index (χ0n) is 12.6. The van der Waals surface area contributed by atoms with E-state index in [0.29, 0.717) is 37.2 Å². The summed E-state index contributed by atoms with van der Waals surface area (Å²) in [4.78, 5) is 26.3. The fourth-order valence-corrected chi connectivity index (χ4v) is 3.51. The number of amides is 1. The van der Waals surface area contributed by atoms with E-state index < -0.39 is 11.4 Å². The highest BCUT2D eigenvalue weighted by Gasteiger charge is 2.41. The van der Waals surface area contributed by atoms with Crippen molar-refractivity contribution in [1.82, 2.24) is 14.5 Å². The monoisotopic (exact) mass is 311 g/mol. The van der Waals surface area contributed by atoms with Gasteiger partial charge in [0, 0.05) is 13.1 Å². The van der Waals surface area contributed by atoms with Crippen molar-refractivity contribution >= 4 is 23.4 Å². The van der Waals surface area contributed by atoms with Crippen molar-refractivity contribution < 1.29 is 14.7 Å². The third-order valence-electron chi connectivity index (χ3n) is 4.39. The number of nitrogens with zero attached hydrogens (tertiary/aromatic N) is 3. The van der Waals surface area contributed by atoms with Gasteiger partial charge in [-0.25, -0.2) is 0 Å². The molecule has 1 amide bonds. The van der Waals surface area contributed by atoms with Crippen molar-refractivity contribution in [2.45, 2.75) is 46.0 Å². The highest BCUT2D eigenvalue weighted by molar-refractivity contribution is 7.08. The summed E-state index contributed by atoms with van der Waals surface area (Å²) in [7, 11) is 0. The van der Waals surface area contributed by atoms with E-state index in [9.17, 15) is 14.7 Å². The normalized spacial score (nSPS) is 18.0. The van der Waals surface area contributed by atoms with Gasteiger partial charge in [0.15, 0.2) is 0 Å². The molecular weight excluding hydrogens is 290 g/mol. The van der Waals surface area contributed by atoms with Crippen molar-refractivity contribution in [2.75, 3.05) is 13.1 Å². The zero-order valence-corrected chi connectivity index (χ0v) is 13.4. The van der Waals surface area contributed by atoms with Gasteiger partial charge in [-0.3, -0.25) is 9.59 Å². The van der Waals surface area contributed by atoms with Gasteiger partial charge in [-0.05, 0) is 36.7 Å². The third kappa shape index (κ3) is 2.92. The lowest BCUT2D eigenvalue weighted by molar-refractivity contribution is -0.152. The average molecular weight is 311 g/mol. The quantitative estimate of drug-likeness (QED) is 0.923. The summed E-state index contributed by atoms with van der Waals surface area (Å²) in [5, 5.41) is 13.4. The van der Waals surface area contributed by atoms with E-state index in [4.69, 9.17) is 0 Å². The second-order valence-corrected chi connectivity index (χ2v) is 6.63. The fraction of sp³-hybridized carbons (Fsp3) is 0.714. The van der Waals surface area contributed by atoms with Crippen LogP contribution in [0.2, 0.25) is 0 Å². The summed E-state index contributed by atoms with van der Waals surface area (Å²) in [5.74, 6) is -0.663. The van der Waals surface area contributed by atoms with Crippen molar-refractivity contribution in [2.24, 2.45) is 5.41 Å². The molecule has 0 spiro atoms. The number of hydrogen-bond acceptors (Lipinski definition) is 5. The number of carboxylic acids is 1. The molecule has 0 saturated carbocycles. The molecule has 2 heterocycles. The number of aromatic nitrogens is 2. The molecule has 0 unspecified atom stereocenters. The molecule has 1 aliphatic heterocycles. The van der Waals surface area contributed by atoms with Crippen LogP contribution >= 0.6 is 11.5 Å². The number of hydrogen-bond donors (Lipinski definition) is 1. The minimum Gasteiger partial charge on any atom is -0.481 e. The molecule has 0 aromatic carbocycles. The molecule has 1 N–H and O–H groups in total. The van der Waals surface area contributed by atoms with E-state index in [2.05, 4.69) is 9.59 Å². The first-order valence-electron chi connectivity index (χ1n) is 7.26. The van der Waals surface area contributed by atoms with Crippen molar-refractivity contribution in [3.8, 4) is 0 Å². The first kappa shape index (κ1) is 15.9. The van der Waals surface area contributed by atoms with Crippen LogP contribution in [-0.2, 0) is 4.79 Å². The third-order valence-corrected chi connectivity index (χ3v) is 5.12. The molecule has 21 heavy (non-hydrogen) atoms. The predicted octanol–water partition coefficient (Wildman–Crippen LogP) is 2.38. The van der Waals surface area contributed by atoms with E-state index in [-0.39, 0.29) is 11.8 Å². The minimum atomic E-state index is -0.751. The maximum atomic E-state index is 12.6. The van der Waals surface area contributed by atoms with Crippen molar-refractivity contribution in [3.63, 3.8) is 0 Å². The highest BCUT2D eigenvalue weighted by atomic mass is 32.1. The Bertz CT molecular complexity index is 533. The van der Waals surface area contributed by atoms with Gasteiger partial charge >= 0.3 is 5.97 Å². The van der Waals surface area contributed by atoms with Gasteiger partial charge < -0.3 is 10.0 Å². The Morgan fingerprint density at radius 2 is 2.00 bits per heavy atom. The van der Waals surface area contributed by atoms with Crippen LogP contribution in [0.5, 0.6) is 0 Å². The van der Waals surface area contributed by atoms with Gasteiger partial charge in [0.1, 0.15) is 4.88 Å². The van der Waals surface area contributed by atoms with Crippen molar-refractivity contribution in [1.29, 1.82) is 0 Å². The molecule has 1 aromatic rings. The van der Waals surface area contributed by atoms with E-state index in [1.807, 2.05) is 20.8 Å². The predicted molar refractivity (Wildman–Crippen MR) is 79.5 cm³/mol. The molecule has 0 bridgehead atoms. The molecule has 0 atom stereocenters. The lowest BCUT2D eigenvalue weighted by atomic mass is 9.76. The first-order chi connectivity index (χ1) is 9.91. The van der Waals surface area contributed by atoms with Crippen molar-refractivity contribution in [3.05, 3.63) is 10.6 Å². The number of carbonyl (C=O) groups excluding carboxylic acids is 1. The molecule has 0 radical (unpaired) electrons. The molecule has 0 aliphatic carbocycles. The van der Waals surface area contributed by atoms with Gasteiger partial charge in [0.05, 0.1) is 11.1 Å². The molecule has 1 aliphatic rings. The lowest BCUT2D eigenvalue weighted by Gasteiger charge is -2.38.